The highest BCUT2D eigenvalue weighted by atomic mass is 32.2. The number of nitrogens with zero attached hydrogens (tertiary/aromatic N) is 1. The molecule has 4 heteroatoms. The Hall–Kier alpha value is -1.47. The summed E-state index contributed by atoms with van der Waals surface area (Å²) < 4.78 is 0. The molecule has 1 aliphatic rings. The van der Waals surface area contributed by atoms with E-state index in [1.54, 1.807) is 12.1 Å². The molecule has 1 heterocycles. The van der Waals surface area contributed by atoms with Gasteiger partial charge in [0, 0.05) is 17.4 Å². The highest BCUT2D eigenvalue weighted by Gasteiger charge is 2.23. The zero-order valence-corrected chi connectivity index (χ0v) is 10.5. The van der Waals surface area contributed by atoms with E-state index in [1.807, 2.05) is 24.8 Å². The number of amides is 1. The van der Waals surface area contributed by atoms with Crippen LogP contribution in [-0.4, -0.2) is 17.4 Å². The molecule has 1 aromatic carbocycles. The molecule has 1 unspecified atom stereocenters. The topological polar surface area (TPSA) is 52.9 Å². The number of benzene rings is 1. The molecule has 1 aromatic rings. The highest BCUT2D eigenvalue weighted by molar-refractivity contribution is 7.99. The Labute approximate surface area is 105 Å². The maximum atomic E-state index is 12.0. The van der Waals surface area contributed by atoms with Crippen LogP contribution >= 0.6 is 11.8 Å². The Morgan fingerprint density at radius 2 is 2.41 bits per heavy atom. The predicted octanol–water partition coefficient (Wildman–Crippen LogP) is 2.56. The fourth-order valence-corrected chi connectivity index (χ4v) is 3.02. The summed E-state index contributed by atoms with van der Waals surface area (Å²) in [6.07, 6.45) is 0.952. The molecule has 0 saturated carbocycles. The number of nitriles is 1. The van der Waals surface area contributed by atoms with Gasteiger partial charge in [-0.25, -0.2) is 0 Å². The van der Waals surface area contributed by atoms with Crippen LogP contribution in [-0.2, 0) is 4.79 Å². The van der Waals surface area contributed by atoms with Gasteiger partial charge in [-0.3, -0.25) is 4.79 Å². The first-order valence-corrected chi connectivity index (χ1v) is 6.75. The van der Waals surface area contributed by atoms with Crippen molar-refractivity contribution in [3.63, 3.8) is 0 Å². The molecule has 2 rings (SSSR count). The van der Waals surface area contributed by atoms with Crippen LogP contribution in [0.2, 0.25) is 0 Å². The highest BCUT2D eigenvalue weighted by Crippen LogP contribution is 2.25. The summed E-state index contributed by atoms with van der Waals surface area (Å²) in [6.45, 7) is 1.93. The molecule has 1 saturated heterocycles. The average Bonchev–Trinajstić information content (AvgIpc) is 2.85. The van der Waals surface area contributed by atoms with E-state index in [0.29, 0.717) is 5.56 Å². The third-order valence-corrected chi connectivity index (χ3v) is 4.09. The lowest BCUT2D eigenvalue weighted by atomic mass is 10.1. The Morgan fingerprint density at radius 1 is 1.59 bits per heavy atom. The van der Waals surface area contributed by atoms with Crippen LogP contribution in [0.4, 0.5) is 5.69 Å². The van der Waals surface area contributed by atoms with Gasteiger partial charge in [0.2, 0.25) is 5.91 Å². The fraction of sp³-hybridized carbons (Fsp3) is 0.385. The van der Waals surface area contributed by atoms with Crippen LogP contribution < -0.4 is 5.32 Å². The minimum Gasteiger partial charge on any atom is -0.326 e. The molecular weight excluding hydrogens is 232 g/mol. The number of rotatable bonds is 2. The second kappa shape index (κ2) is 5.24. The van der Waals surface area contributed by atoms with Gasteiger partial charge >= 0.3 is 0 Å². The maximum Gasteiger partial charge on any atom is 0.228 e. The van der Waals surface area contributed by atoms with E-state index in [2.05, 4.69) is 11.4 Å². The minimum atomic E-state index is 0.0770. The van der Waals surface area contributed by atoms with Gasteiger partial charge in [-0.05, 0) is 36.8 Å². The normalized spacial score (nSPS) is 18.7. The van der Waals surface area contributed by atoms with E-state index in [1.165, 1.54) is 0 Å². The molecule has 17 heavy (non-hydrogen) atoms. The summed E-state index contributed by atoms with van der Waals surface area (Å²) in [4.78, 5) is 12.0. The summed E-state index contributed by atoms with van der Waals surface area (Å²) in [5, 5.41) is 11.8. The third-order valence-electron chi connectivity index (χ3n) is 2.93. The molecule has 1 N–H and O–H groups in total. The van der Waals surface area contributed by atoms with Crippen molar-refractivity contribution in [3.05, 3.63) is 29.3 Å². The molecule has 1 aliphatic heterocycles. The molecule has 0 spiro atoms. The van der Waals surface area contributed by atoms with Crippen molar-refractivity contribution in [2.45, 2.75) is 13.3 Å². The van der Waals surface area contributed by atoms with Crippen molar-refractivity contribution in [2.75, 3.05) is 16.8 Å². The second-order valence-corrected chi connectivity index (χ2v) is 5.34. The van der Waals surface area contributed by atoms with E-state index in [4.69, 9.17) is 5.26 Å². The fourth-order valence-electron chi connectivity index (χ4n) is 1.80. The first kappa shape index (κ1) is 12.0. The summed E-state index contributed by atoms with van der Waals surface area (Å²) in [5.74, 6) is 2.16. The lowest BCUT2D eigenvalue weighted by molar-refractivity contribution is -0.119. The molecule has 88 valence electrons. The van der Waals surface area contributed by atoms with Crippen molar-refractivity contribution in [1.29, 1.82) is 5.26 Å². The van der Waals surface area contributed by atoms with Crippen LogP contribution in [0.5, 0.6) is 0 Å². The van der Waals surface area contributed by atoms with Crippen LogP contribution in [0.25, 0.3) is 0 Å². The number of aryl methyl sites for hydroxylation is 1. The molecule has 3 nitrogen and oxygen atoms in total. The minimum absolute atomic E-state index is 0.0770. The Balaban J connectivity index is 2.12. The smallest absolute Gasteiger partial charge is 0.228 e. The Bertz CT molecular complexity index is 473. The van der Waals surface area contributed by atoms with E-state index in [9.17, 15) is 4.79 Å². The van der Waals surface area contributed by atoms with Gasteiger partial charge in [0.25, 0.3) is 0 Å². The van der Waals surface area contributed by atoms with E-state index in [0.717, 1.165) is 29.2 Å². The van der Waals surface area contributed by atoms with Crippen molar-refractivity contribution in [2.24, 2.45) is 5.92 Å². The van der Waals surface area contributed by atoms with Gasteiger partial charge in [-0.1, -0.05) is 6.07 Å². The Morgan fingerprint density at radius 3 is 3.06 bits per heavy atom. The van der Waals surface area contributed by atoms with Gasteiger partial charge in [0.15, 0.2) is 0 Å². The van der Waals surface area contributed by atoms with Gasteiger partial charge in [-0.2, -0.15) is 17.0 Å². The number of hydrogen-bond acceptors (Lipinski definition) is 3. The second-order valence-electron chi connectivity index (χ2n) is 4.19. The summed E-state index contributed by atoms with van der Waals surface area (Å²) >= 11 is 1.82. The van der Waals surface area contributed by atoms with Crippen LogP contribution in [0.3, 0.4) is 0 Å². The standard InChI is InChI=1S/C13H14N2OS/c1-9-2-3-10(7-14)6-12(9)15-13(16)11-4-5-17-8-11/h2-3,6,11H,4-5,8H2,1H3,(H,15,16). The number of anilines is 1. The van der Waals surface area contributed by atoms with Crippen molar-refractivity contribution in [1.82, 2.24) is 0 Å². The largest absolute Gasteiger partial charge is 0.326 e. The molecule has 0 aliphatic carbocycles. The molecule has 1 atom stereocenters. The van der Waals surface area contributed by atoms with E-state index < -0.39 is 0 Å². The van der Waals surface area contributed by atoms with Crippen LogP contribution in [0.15, 0.2) is 18.2 Å². The van der Waals surface area contributed by atoms with Gasteiger partial charge in [0.1, 0.15) is 0 Å². The monoisotopic (exact) mass is 246 g/mol. The van der Waals surface area contributed by atoms with Gasteiger partial charge in [-0.15, -0.1) is 0 Å². The number of hydrogen-bond donors (Lipinski definition) is 1. The van der Waals surface area contributed by atoms with Crippen molar-refractivity contribution in [3.8, 4) is 6.07 Å². The summed E-state index contributed by atoms with van der Waals surface area (Å²) in [7, 11) is 0. The first-order chi connectivity index (χ1) is 8.20. The lowest BCUT2D eigenvalue weighted by Gasteiger charge is -2.12. The summed E-state index contributed by atoms with van der Waals surface area (Å²) in [5.41, 5.74) is 2.32. The quantitative estimate of drug-likeness (QED) is 0.872. The average molecular weight is 246 g/mol. The number of nitrogens with one attached hydrogen (secondary N) is 1. The zero-order valence-electron chi connectivity index (χ0n) is 9.69. The van der Waals surface area contributed by atoms with E-state index >= 15 is 0 Å². The molecular formula is C13H14N2OS. The molecule has 0 aromatic heterocycles. The predicted molar refractivity (Wildman–Crippen MR) is 70.0 cm³/mol. The number of carbonyl (C=O) groups excluding carboxylic acids is 1. The van der Waals surface area contributed by atoms with Crippen molar-refractivity contribution >= 4 is 23.4 Å². The van der Waals surface area contributed by atoms with Gasteiger partial charge in [0.05, 0.1) is 11.6 Å². The zero-order chi connectivity index (χ0) is 12.3. The van der Waals surface area contributed by atoms with Gasteiger partial charge < -0.3 is 5.32 Å². The molecule has 0 radical (unpaired) electrons. The first-order valence-electron chi connectivity index (χ1n) is 5.60. The lowest BCUT2D eigenvalue weighted by Crippen LogP contribution is -2.22. The SMILES string of the molecule is Cc1ccc(C#N)cc1NC(=O)C1CCSC1. The molecule has 1 fully saturated rings. The van der Waals surface area contributed by atoms with Crippen molar-refractivity contribution < 1.29 is 4.79 Å². The molecule has 1 amide bonds. The third kappa shape index (κ3) is 2.80. The number of carbonyl (C=O) groups is 1. The summed E-state index contributed by atoms with van der Waals surface area (Å²) in [6, 6.07) is 7.43. The number of thioether (sulfide) groups is 1. The van der Waals surface area contributed by atoms with Crippen LogP contribution in [0.1, 0.15) is 17.5 Å². The Kier molecular flexibility index (Phi) is 3.70. The van der Waals surface area contributed by atoms with Crippen LogP contribution in [0, 0.1) is 24.2 Å². The molecule has 0 bridgehead atoms. The van der Waals surface area contributed by atoms with E-state index in [-0.39, 0.29) is 11.8 Å². The maximum absolute atomic E-state index is 12.0.